The third-order valence-electron chi connectivity index (χ3n) is 4.38. The second-order valence-corrected chi connectivity index (χ2v) is 8.26. The van der Waals surface area contributed by atoms with Crippen molar-refractivity contribution in [3.8, 4) is 5.75 Å². The Morgan fingerprint density at radius 1 is 1.10 bits per heavy atom. The lowest BCUT2D eigenvalue weighted by Crippen LogP contribution is -2.43. The number of alkyl carbamates (subject to hydrolysis) is 1. The van der Waals surface area contributed by atoms with Gasteiger partial charge in [0, 0.05) is 0 Å². The number of aliphatic carboxylic acids is 1. The van der Waals surface area contributed by atoms with Crippen LogP contribution in [0.25, 0.3) is 0 Å². The third-order valence-corrected chi connectivity index (χ3v) is 4.38. The molecule has 170 valence electrons. The number of carboxylic acid groups (broad SMARTS) is 1. The van der Waals surface area contributed by atoms with Gasteiger partial charge in [-0.05, 0) is 58.2 Å². The van der Waals surface area contributed by atoms with Crippen molar-refractivity contribution in [2.75, 3.05) is 7.11 Å². The van der Waals surface area contributed by atoms with E-state index in [1.165, 1.54) is 0 Å². The van der Waals surface area contributed by atoms with Crippen LogP contribution in [-0.4, -0.2) is 53.2 Å². The zero-order valence-electron chi connectivity index (χ0n) is 18.5. The Bertz CT molecular complexity index is 652. The molecule has 0 spiro atoms. The fourth-order valence-electron chi connectivity index (χ4n) is 2.79. The fraction of sp³-hybridized carbons (Fsp3) is 0.636. The Balaban J connectivity index is 2.44. The minimum atomic E-state index is -1.11. The zero-order chi connectivity index (χ0) is 22.7. The number of unbranched alkanes of at least 4 members (excludes halogenated alkanes) is 1. The third kappa shape index (κ3) is 10.5. The average molecular weight is 426 g/mol. The number of benzene rings is 1. The first-order valence-electron chi connectivity index (χ1n) is 10.2. The summed E-state index contributed by atoms with van der Waals surface area (Å²) in [5, 5.41) is 21.7. The van der Waals surface area contributed by atoms with Crippen molar-refractivity contribution in [3.63, 3.8) is 0 Å². The van der Waals surface area contributed by atoms with E-state index in [9.17, 15) is 19.8 Å². The van der Waals surface area contributed by atoms with E-state index < -0.39 is 29.8 Å². The van der Waals surface area contributed by atoms with E-state index in [1.807, 2.05) is 24.3 Å². The highest BCUT2D eigenvalue weighted by atomic mass is 16.6. The number of methoxy groups -OCH3 is 1. The van der Waals surface area contributed by atoms with Crippen molar-refractivity contribution in [2.45, 2.75) is 83.8 Å². The summed E-state index contributed by atoms with van der Waals surface area (Å²) in [5.41, 5.74) is 0.271. The normalized spacial score (nSPS) is 14.5. The number of hydrogen-bond acceptors (Lipinski definition) is 6. The van der Waals surface area contributed by atoms with E-state index in [4.69, 9.17) is 14.2 Å². The SMILES string of the molecule is COc1ccc(CO[C@H](CCCC[C@H](NC(=O)OC(C)(C)C)C(=O)O)[C@H](C)O)cc1. The molecule has 1 amide bonds. The lowest BCUT2D eigenvalue weighted by molar-refractivity contribution is -0.139. The second-order valence-electron chi connectivity index (χ2n) is 8.26. The molecule has 0 unspecified atom stereocenters. The van der Waals surface area contributed by atoms with E-state index in [0.29, 0.717) is 25.9 Å². The van der Waals surface area contributed by atoms with Crippen LogP contribution in [0.2, 0.25) is 0 Å². The number of rotatable bonds is 12. The van der Waals surface area contributed by atoms with Crippen LogP contribution >= 0.6 is 0 Å². The number of aliphatic hydroxyl groups excluding tert-OH is 1. The highest BCUT2D eigenvalue weighted by Gasteiger charge is 2.24. The van der Waals surface area contributed by atoms with Crippen molar-refractivity contribution in [2.24, 2.45) is 0 Å². The number of ether oxygens (including phenoxy) is 3. The van der Waals surface area contributed by atoms with Crippen LogP contribution in [0.4, 0.5) is 4.79 Å². The van der Waals surface area contributed by atoms with Crippen molar-refractivity contribution >= 4 is 12.1 Å². The molecule has 0 radical (unpaired) electrons. The molecular weight excluding hydrogens is 390 g/mol. The standard InChI is InChI=1S/C22H35NO7/c1-15(24)19(29-14-16-10-12-17(28-5)13-11-16)9-7-6-8-18(20(25)26)23-21(27)30-22(2,3)4/h10-13,15,18-19,24H,6-9,14H2,1-5H3,(H,23,27)(H,25,26)/t15-,18-,19+/m0/s1. The Labute approximate surface area is 178 Å². The van der Waals surface area contributed by atoms with Gasteiger partial charge in [-0.25, -0.2) is 9.59 Å². The van der Waals surface area contributed by atoms with Gasteiger partial charge in [-0.15, -0.1) is 0 Å². The Morgan fingerprint density at radius 3 is 2.20 bits per heavy atom. The molecule has 0 heterocycles. The number of nitrogens with one attached hydrogen (secondary N) is 1. The van der Waals surface area contributed by atoms with Gasteiger partial charge in [0.05, 0.1) is 25.9 Å². The molecule has 30 heavy (non-hydrogen) atoms. The minimum Gasteiger partial charge on any atom is -0.497 e. The van der Waals surface area contributed by atoms with E-state index in [2.05, 4.69) is 5.32 Å². The molecule has 1 rings (SSSR count). The number of amides is 1. The predicted molar refractivity (Wildman–Crippen MR) is 113 cm³/mol. The van der Waals surface area contributed by atoms with E-state index in [-0.39, 0.29) is 12.5 Å². The van der Waals surface area contributed by atoms with E-state index in [1.54, 1.807) is 34.8 Å². The summed E-state index contributed by atoms with van der Waals surface area (Å²) in [5.74, 6) is -0.345. The number of carbonyl (C=O) groups is 2. The maximum atomic E-state index is 11.8. The van der Waals surface area contributed by atoms with Crippen LogP contribution in [0.15, 0.2) is 24.3 Å². The van der Waals surface area contributed by atoms with Crippen LogP contribution in [0.3, 0.4) is 0 Å². The molecular formula is C22H35NO7. The molecule has 0 aromatic heterocycles. The molecule has 0 aliphatic rings. The molecule has 0 aliphatic carbocycles. The lowest BCUT2D eigenvalue weighted by atomic mass is 10.0. The monoisotopic (exact) mass is 425 g/mol. The highest BCUT2D eigenvalue weighted by molar-refractivity contribution is 5.79. The highest BCUT2D eigenvalue weighted by Crippen LogP contribution is 2.17. The molecule has 3 atom stereocenters. The van der Waals surface area contributed by atoms with Gasteiger partial charge in [0.15, 0.2) is 0 Å². The van der Waals surface area contributed by atoms with Gasteiger partial charge in [0.25, 0.3) is 0 Å². The van der Waals surface area contributed by atoms with Gasteiger partial charge in [-0.1, -0.05) is 25.0 Å². The number of carboxylic acids is 1. The van der Waals surface area contributed by atoms with Gasteiger partial charge in [-0.3, -0.25) is 0 Å². The largest absolute Gasteiger partial charge is 0.497 e. The first kappa shape index (κ1) is 25.7. The molecule has 0 saturated carbocycles. The molecule has 0 bridgehead atoms. The quantitative estimate of drug-likeness (QED) is 0.439. The first-order chi connectivity index (χ1) is 14.0. The second kappa shape index (κ2) is 12.4. The molecule has 0 saturated heterocycles. The van der Waals surface area contributed by atoms with Crippen molar-refractivity contribution < 1.29 is 34.0 Å². The van der Waals surface area contributed by atoms with Crippen LogP contribution in [0.1, 0.15) is 58.9 Å². The Morgan fingerprint density at radius 2 is 1.70 bits per heavy atom. The zero-order valence-corrected chi connectivity index (χ0v) is 18.5. The molecule has 0 fully saturated rings. The molecule has 8 nitrogen and oxygen atoms in total. The van der Waals surface area contributed by atoms with E-state index >= 15 is 0 Å². The van der Waals surface area contributed by atoms with Crippen LogP contribution in [0.5, 0.6) is 5.75 Å². The molecule has 0 aliphatic heterocycles. The summed E-state index contributed by atoms with van der Waals surface area (Å²) < 4.78 is 16.1. The molecule has 8 heteroatoms. The first-order valence-corrected chi connectivity index (χ1v) is 10.2. The van der Waals surface area contributed by atoms with Gasteiger partial charge >= 0.3 is 12.1 Å². The van der Waals surface area contributed by atoms with Crippen LogP contribution in [-0.2, 0) is 20.9 Å². The Kier molecular flexibility index (Phi) is 10.6. The lowest BCUT2D eigenvalue weighted by Gasteiger charge is -2.23. The predicted octanol–water partition coefficient (Wildman–Crippen LogP) is 3.50. The van der Waals surface area contributed by atoms with Crippen molar-refractivity contribution in [1.82, 2.24) is 5.32 Å². The summed E-state index contributed by atoms with van der Waals surface area (Å²) in [4.78, 5) is 23.2. The maximum absolute atomic E-state index is 11.8. The van der Waals surface area contributed by atoms with Crippen LogP contribution < -0.4 is 10.1 Å². The Hall–Kier alpha value is -2.32. The average Bonchev–Trinajstić information content (AvgIpc) is 2.64. The summed E-state index contributed by atoms with van der Waals surface area (Å²) in [6.07, 6.45) is 0.277. The van der Waals surface area contributed by atoms with Gasteiger partial charge in [0.2, 0.25) is 0 Å². The maximum Gasteiger partial charge on any atom is 0.408 e. The summed E-state index contributed by atoms with van der Waals surface area (Å²) >= 11 is 0. The van der Waals surface area contributed by atoms with Crippen molar-refractivity contribution in [1.29, 1.82) is 0 Å². The number of carbonyl (C=O) groups excluding carboxylic acids is 1. The summed E-state index contributed by atoms with van der Waals surface area (Å²) in [6.45, 7) is 7.17. The van der Waals surface area contributed by atoms with Gasteiger partial charge < -0.3 is 29.7 Å². The smallest absolute Gasteiger partial charge is 0.408 e. The molecule has 1 aromatic rings. The van der Waals surface area contributed by atoms with Gasteiger partial charge in [0.1, 0.15) is 17.4 Å². The van der Waals surface area contributed by atoms with Crippen molar-refractivity contribution in [3.05, 3.63) is 29.8 Å². The summed E-state index contributed by atoms with van der Waals surface area (Å²) in [7, 11) is 1.60. The van der Waals surface area contributed by atoms with Crippen LogP contribution in [0, 0.1) is 0 Å². The summed E-state index contributed by atoms with van der Waals surface area (Å²) in [6, 6.07) is 6.47. The minimum absolute atomic E-state index is 0.263. The number of aliphatic hydroxyl groups is 1. The molecule has 1 aromatic carbocycles. The van der Waals surface area contributed by atoms with E-state index in [0.717, 1.165) is 11.3 Å². The topological polar surface area (TPSA) is 114 Å². The molecule has 3 N–H and O–H groups in total. The fourth-order valence-corrected chi connectivity index (χ4v) is 2.79. The van der Waals surface area contributed by atoms with Gasteiger partial charge in [-0.2, -0.15) is 0 Å². The number of hydrogen-bond donors (Lipinski definition) is 3.